The molecule has 28 nitrogen and oxygen atoms in total. The molecule has 0 bridgehead atoms. The number of aliphatic carboxylic acids is 1. The van der Waals surface area contributed by atoms with E-state index in [4.69, 9.17) is 18.6 Å². The number of phenolic OH excluding ortho intramolecular Hbond substituents is 1. The molecule has 0 atom stereocenters. The van der Waals surface area contributed by atoms with Crippen LogP contribution in [0.4, 0.5) is 28.4 Å². The molecule has 0 aliphatic carbocycles. The number of azo groups is 2. The molecule has 64 heavy (non-hydrogen) atoms. The van der Waals surface area contributed by atoms with Crippen LogP contribution < -0.4 is 14.8 Å². The Kier molecular flexibility index (Phi) is 15.4. The Bertz CT molecular complexity index is 3270. The highest BCUT2D eigenvalue weighted by Gasteiger charge is 2.28. The van der Waals surface area contributed by atoms with Gasteiger partial charge in [0.15, 0.2) is 25.4 Å². The summed E-state index contributed by atoms with van der Waals surface area (Å²) in [7, 11) is -27.8. The summed E-state index contributed by atoms with van der Waals surface area (Å²) in [5.41, 5.74) is -3.03. The third kappa shape index (κ3) is 13.0. The monoisotopic (exact) mass is 1020 g/mol. The predicted octanol–water partition coefficient (Wildman–Crippen LogP) is 2.57. The average molecular weight is 1020 g/mol. The highest BCUT2D eigenvalue weighted by atomic mass is 32.3. The van der Waals surface area contributed by atoms with Gasteiger partial charge in [0, 0.05) is 22.9 Å². The number of hydrogen-bond donors (Lipinski definition) is 7. The quantitative estimate of drug-likeness (QED) is 0.0466. The highest BCUT2D eigenvalue weighted by Crippen LogP contribution is 2.47. The molecule has 0 amide bonds. The number of phenols is 1. The van der Waals surface area contributed by atoms with Crippen LogP contribution in [-0.4, -0.2) is 130 Å². The first-order chi connectivity index (χ1) is 29.4. The molecule has 0 unspecified atom stereocenters. The van der Waals surface area contributed by atoms with Gasteiger partial charge in [-0.1, -0.05) is 0 Å². The van der Waals surface area contributed by atoms with Gasteiger partial charge in [-0.25, -0.2) is 25.2 Å². The van der Waals surface area contributed by atoms with Crippen molar-refractivity contribution in [1.29, 1.82) is 0 Å². The number of nitrogens with zero attached hydrogens (tertiary/aromatic N) is 4. The van der Waals surface area contributed by atoms with Gasteiger partial charge in [0.1, 0.15) is 55.5 Å². The first kappa shape index (κ1) is 51.1. The van der Waals surface area contributed by atoms with Crippen molar-refractivity contribution in [1.82, 2.24) is 0 Å². The lowest BCUT2D eigenvalue weighted by atomic mass is 10.0. The van der Waals surface area contributed by atoms with E-state index in [-0.39, 0.29) is 16.8 Å². The number of carboxylic acids is 1. The molecular formula is C30H31N5O23S6. The predicted molar refractivity (Wildman–Crippen MR) is 215 cm³/mol. The maximum Gasteiger partial charge on any atom is 0.397 e. The van der Waals surface area contributed by atoms with E-state index in [2.05, 4.69) is 34.1 Å². The van der Waals surface area contributed by atoms with Crippen LogP contribution in [0.2, 0.25) is 0 Å². The maximum atomic E-state index is 13.0. The van der Waals surface area contributed by atoms with Gasteiger partial charge >= 0.3 is 26.8 Å². The van der Waals surface area contributed by atoms with Crippen LogP contribution in [0.5, 0.6) is 17.2 Å². The Morgan fingerprint density at radius 2 is 1.14 bits per heavy atom. The standard InChI is InChI=1S/C30H31N5O23S6/c1-55-22-14-25(60(41,42)10-8-58-64(52,53)54)23(56-2)13-21(22)33-35-29-26(62(46,47)48)12-18-17(30(29)38)4-6-20(31-15-27(36)37)28(18)34-32-19-5-3-16(11-24(19)61(43,44)45)59(39,40)9-7-57-63(49,50)51/h3-6,11-14,31,38H,7-10,15H2,1-2H3,(H,36,37)(H,43,44,45)(H,46,47,48)(H,49,50,51)(H,52,53,54). The highest BCUT2D eigenvalue weighted by molar-refractivity contribution is 7.92. The number of sulfone groups is 2. The Hall–Kier alpha value is -5.53. The zero-order valence-electron chi connectivity index (χ0n) is 32.0. The van der Waals surface area contributed by atoms with E-state index in [9.17, 15) is 74.6 Å². The largest absolute Gasteiger partial charge is 0.505 e. The summed E-state index contributed by atoms with van der Waals surface area (Å²) in [6.45, 7) is -2.96. The van der Waals surface area contributed by atoms with Crippen molar-refractivity contribution < 1.29 is 102 Å². The number of fused-ring (bicyclic) bond motifs is 1. The van der Waals surface area contributed by atoms with Gasteiger partial charge in [-0.2, -0.15) is 33.7 Å². The molecule has 0 aliphatic rings. The van der Waals surface area contributed by atoms with E-state index >= 15 is 0 Å². The summed E-state index contributed by atoms with van der Waals surface area (Å²) in [4.78, 5) is 7.61. The maximum absolute atomic E-state index is 13.0. The van der Waals surface area contributed by atoms with E-state index < -0.39 is 157 Å². The third-order valence-corrected chi connectivity index (χ3v) is 14.0. The fourth-order valence-electron chi connectivity index (χ4n) is 5.20. The van der Waals surface area contributed by atoms with E-state index in [1.165, 1.54) is 0 Å². The van der Waals surface area contributed by atoms with Crippen LogP contribution in [0.15, 0.2) is 88.6 Å². The van der Waals surface area contributed by atoms with Crippen LogP contribution in [0.3, 0.4) is 0 Å². The number of carbonyl (C=O) groups is 1. The normalized spacial score (nSPS) is 13.2. The van der Waals surface area contributed by atoms with Gasteiger partial charge in [0.25, 0.3) is 20.2 Å². The molecule has 34 heteroatoms. The van der Waals surface area contributed by atoms with Crippen molar-refractivity contribution >= 4 is 106 Å². The second-order valence-electron chi connectivity index (χ2n) is 12.2. The number of aromatic hydroxyl groups is 1. The van der Waals surface area contributed by atoms with Crippen molar-refractivity contribution in [2.75, 3.05) is 50.8 Å². The van der Waals surface area contributed by atoms with E-state index in [0.29, 0.717) is 18.2 Å². The van der Waals surface area contributed by atoms with Crippen molar-refractivity contribution in [3.05, 3.63) is 48.5 Å². The third-order valence-electron chi connectivity index (χ3n) is 7.97. The molecule has 4 aromatic carbocycles. The topological polar surface area (TPSA) is 442 Å². The number of benzene rings is 4. The van der Waals surface area contributed by atoms with Gasteiger partial charge in [-0.05, 0) is 36.4 Å². The molecule has 350 valence electrons. The van der Waals surface area contributed by atoms with Crippen LogP contribution in [0.1, 0.15) is 0 Å². The first-order valence-corrected chi connectivity index (χ1v) is 25.5. The molecule has 0 saturated carbocycles. The second-order valence-corrected chi connectivity index (χ2v) is 21.3. The van der Waals surface area contributed by atoms with Crippen molar-refractivity contribution in [3.63, 3.8) is 0 Å². The number of carboxylic acid groups (broad SMARTS) is 1. The molecule has 0 radical (unpaired) electrons. The molecule has 0 heterocycles. The number of nitrogens with one attached hydrogen (secondary N) is 1. The number of hydrogen-bond acceptors (Lipinski definition) is 23. The molecule has 0 spiro atoms. The summed E-state index contributed by atoms with van der Waals surface area (Å²) >= 11 is 0. The van der Waals surface area contributed by atoms with Crippen molar-refractivity contribution in [2.24, 2.45) is 20.5 Å². The Labute approximate surface area is 362 Å². The lowest BCUT2D eigenvalue weighted by Gasteiger charge is -2.14. The first-order valence-electron chi connectivity index (χ1n) is 16.5. The zero-order valence-corrected chi connectivity index (χ0v) is 36.9. The minimum Gasteiger partial charge on any atom is -0.505 e. The molecule has 0 aliphatic heterocycles. The lowest BCUT2D eigenvalue weighted by molar-refractivity contribution is -0.134. The number of rotatable bonds is 21. The molecule has 7 N–H and O–H groups in total. The number of ether oxygens (including phenoxy) is 2. The van der Waals surface area contributed by atoms with E-state index in [0.717, 1.165) is 44.6 Å². The summed E-state index contributed by atoms with van der Waals surface area (Å²) in [5.74, 6) is -5.46. The minimum absolute atomic E-state index is 0.295. The van der Waals surface area contributed by atoms with Crippen LogP contribution in [-0.2, 0) is 73.9 Å². The van der Waals surface area contributed by atoms with Crippen LogP contribution in [0, 0.1) is 0 Å². The fraction of sp³-hybridized carbons (Fsp3) is 0.233. The smallest absolute Gasteiger partial charge is 0.397 e. The van der Waals surface area contributed by atoms with Gasteiger partial charge in [-0.3, -0.25) is 23.0 Å². The molecule has 0 aromatic heterocycles. The molecule has 0 fully saturated rings. The van der Waals surface area contributed by atoms with Crippen molar-refractivity contribution in [3.8, 4) is 17.2 Å². The summed E-state index contributed by atoms with van der Waals surface area (Å²) in [5, 5.41) is 37.5. The van der Waals surface area contributed by atoms with Crippen molar-refractivity contribution in [2.45, 2.75) is 19.6 Å². The molecule has 4 aromatic rings. The Morgan fingerprint density at radius 3 is 1.67 bits per heavy atom. The van der Waals surface area contributed by atoms with Gasteiger partial charge in [-0.15, -0.1) is 20.5 Å². The van der Waals surface area contributed by atoms with Crippen LogP contribution in [0.25, 0.3) is 10.8 Å². The number of methoxy groups -OCH3 is 2. The fourth-order valence-corrected chi connectivity index (χ4v) is 9.74. The molecular weight excluding hydrogens is 991 g/mol. The Balaban J connectivity index is 1.92. The van der Waals surface area contributed by atoms with E-state index in [1.807, 2.05) is 0 Å². The Morgan fingerprint density at radius 1 is 0.594 bits per heavy atom. The van der Waals surface area contributed by atoms with Gasteiger partial charge < -0.3 is 25.0 Å². The zero-order chi connectivity index (χ0) is 48.2. The number of anilines is 1. The average Bonchev–Trinajstić information content (AvgIpc) is 3.16. The van der Waals surface area contributed by atoms with E-state index in [1.54, 1.807) is 0 Å². The SMILES string of the molecule is COc1cc(S(=O)(=O)CCOS(=O)(=O)O)c(OC)cc1N=Nc1c(S(=O)(=O)O)cc2c(N=Nc3ccc(S(=O)(=O)CCOS(=O)(=O)O)cc3S(=O)(=O)O)c(NCC(=O)O)ccc2c1O. The minimum atomic E-state index is -5.44. The second kappa shape index (κ2) is 19.3. The van der Waals surface area contributed by atoms with Crippen LogP contribution >= 0.6 is 0 Å². The summed E-state index contributed by atoms with van der Waals surface area (Å²) in [6.07, 6.45) is 0. The van der Waals surface area contributed by atoms with Gasteiger partial charge in [0.2, 0.25) is 0 Å². The summed E-state index contributed by atoms with van der Waals surface area (Å²) < 4.78 is 201. The van der Waals surface area contributed by atoms with Gasteiger partial charge in [0.05, 0.1) is 49.5 Å². The lowest BCUT2D eigenvalue weighted by Crippen LogP contribution is -2.16. The molecule has 4 rings (SSSR count). The summed E-state index contributed by atoms with van der Waals surface area (Å²) in [6, 6.07) is 6.43. The molecule has 0 saturated heterocycles.